The molecular weight excluding hydrogens is 233 g/mol. The van der Waals surface area contributed by atoms with Crippen molar-refractivity contribution >= 4 is 5.97 Å². The van der Waals surface area contributed by atoms with Gasteiger partial charge >= 0.3 is 12.1 Å². The van der Waals surface area contributed by atoms with E-state index in [9.17, 15) is 18.0 Å². The van der Waals surface area contributed by atoms with E-state index >= 15 is 0 Å². The number of carbonyl (C=O) groups is 1. The fourth-order valence-electron chi connectivity index (χ4n) is 1.25. The van der Waals surface area contributed by atoms with Gasteiger partial charge in [-0.05, 0) is 6.42 Å². The molecule has 0 radical (unpaired) electrons. The average molecular weight is 252 g/mol. The summed E-state index contributed by atoms with van der Waals surface area (Å²) in [5.74, 6) is -1.37. The lowest BCUT2D eigenvalue weighted by Crippen LogP contribution is -2.21. The zero-order chi connectivity index (χ0) is 13.3. The van der Waals surface area contributed by atoms with E-state index < -0.39 is 17.7 Å². The largest absolute Gasteiger partial charge is 0.462 e. The summed E-state index contributed by atoms with van der Waals surface area (Å²) in [6.07, 6.45) is 1.20. The lowest BCUT2D eigenvalue weighted by molar-refractivity contribution is -0.150. The third kappa shape index (κ3) is 7.82. The molecule has 0 fully saturated rings. The summed E-state index contributed by atoms with van der Waals surface area (Å²) in [5.41, 5.74) is -1.44. The maximum Gasteiger partial charge on any atom is 0.422 e. The lowest BCUT2D eigenvalue weighted by atomic mass is 10.1. The fourth-order valence-corrected chi connectivity index (χ4v) is 1.25. The molecule has 17 heavy (non-hydrogen) atoms. The Morgan fingerprint density at radius 1 is 1.12 bits per heavy atom. The molecule has 100 valence electrons. The van der Waals surface area contributed by atoms with Gasteiger partial charge in [0, 0.05) is 0 Å². The van der Waals surface area contributed by atoms with Gasteiger partial charge < -0.3 is 4.74 Å². The molecule has 0 N–H and O–H groups in total. The second kappa shape index (κ2) is 8.14. The standard InChI is InChI=1S/C12H19F3O2/c1-3-4-5-6-7-8-9-17-11(16)10(2)12(13,14)15/h2-9H2,1H3. The van der Waals surface area contributed by atoms with Gasteiger partial charge in [-0.1, -0.05) is 45.6 Å². The number of carbonyl (C=O) groups excluding carboxylic acids is 1. The molecule has 0 spiro atoms. The van der Waals surface area contributed by atoms with E-state index in [1.807, 2.05) is 0 Å². The topological polar surface area (TPSA) is 26.3 Å². The second-order valence-corrected chi connectivity index (χ2v) is 3.88. The van der Waals surface area contributed by atoms with Crippen LogP contribution in [0.25, 0.3) is 0 Å². The summed E-state index contributed by atoms with van der Waals surface area (Å²) in [7, 11) is 0. The van der Waals surface area contributed by atoms with Crippen molar-refractivity contribution in [3.63, 3.8) is 0 Å². The van der Waals surface area contributed by atoms with Crippen LogP contribution in [0.4, 0.5) is 13.2 Å². The zero-order valence-electron chi connectivity index (χ0n) is 10.1. The highest BCUT2D eigenvalue weighted by Crippen LogP contribution is 2.24. The lowest BCUT2D eigenvalue weighted by Gasteiger charge is -2.09. The van der Waals surface area contributed by atoms with Crippen LogP contribution in [0.1, 0.15) is 45.4 Å². The Balaban J connectivity index is 3.56. The molecule has 0 saturated heterocycles. The molecule has 0 aliphatic heterocycles. The average Bonchev–Trinajstić information content (AvgIpc) is 2.25. The van der Waals surface area contributed by atoms with E-state index in [-0.39, 0.29) is 6.61 Å². The number of esters is 1. The summed E-state index contributed by atoms with van der Waals surface area (Å²) in [4.78, 5) is 10.9. The summed E-state index contributed by atoms with van der Waals surface area (Å²) in [5, 5.41) is 0. The number of alkyl halides is 3. The highest BCUT2D eigenvalue weighted by molar-refractivity contribution is 5.89. The van der Waals surface area contributed by atoms with Crippen LogP contribution in [0, 0.1) is 0 Å². The first-order valence-corrected chi connectivity index (χ1v) is 5.82. The van der Waals surface area contributed by atoms with Crippen LogP contribution in [0.5, 0.6) is 0 Å². The number of unbranched alkanes of at least 4 members (excludes halogenated alkanes) is 5. The molecule has 0 unspecified atom stereocenters. The van der Waals surface area contributed by atoms with Crippen molar-refractivity contribution in [3.05, 3.63) is 12.2 Å². The van der Waals surface area contributed by atoms with Crippen molar-refractivity contribution < 1.29 is 22.7 Å². The van der Waals surface area contributed by atoms with Gasteiger partial charge in [0.2, 0.25) is 0 Å². The van der Waals surface area contributed by atoms with Gasteiger partial charge in [0.1, 0.15) is 5.57 Å². The molecule has 0 saturated carbocycles. The highest BCUT2D eigenvalue weighted by Gasteiger charge is 2.37. The summed E-state index contributed by atoms with van der Waals surface area (Å²) in [6, 6.07) is 0. The van der Waals surface area contributed by atoms with Crippen molar-refractivity contribution in [1.29, 1.82) is 0 Å². The molecule has 0 heterocycles. The van der Waals surface area contributed by atoms with E-state index in [0.29, 0.717) is 6.42 Å². The molecule has 0 aromatic rings. The van der Waals surface area contributed by atoms with Gasteiger partial charge in [-0.25, -0.2) is 4.79 Å². The Labute approximate surface area is 99.8 Å². The second-order valence-electron chi connectivity index (χ2n) is 3.88. The van der Waals surface area contributed by atoms with E-state index in [2.05, 4.69) is 18.2 Å². The molecule has 5 heteroatoms. The molecule has 0 aliphatic carbocycles. The Morgan fingerprint density at radius 2 is 1.65 bits per heavy atom. The summed E-state index contributed by atoms with van der Waals surface area (Å²) < 4.78 is 40.5. The van der Waals surface area contributed by atoms with Gasteiger partial charge in [0.15, 0.2) is 0 Å². The normalized spacial score (nSPS) is 11.3. The molecule has 0 atom stereocenters. The van der Waals surface area contributed by atoms with Crippen LogP contribution in [-0.2, 0) is 9.53 Å². The Bertz CT molecular complexity index is 247. The van der Waals surface area contributed by atoms with Crippen LogP contribution >= 0.6 is 0 Å². The van der Waals surface area contributed by atoms with Crippen LogP contribution in [0.15, 0.2) is 12.2 Å². The van der Waals surface area contributed by atoms with E-state index in [1.54, 1.807) is 0 Å². The van der Waals surface area contributed by atoms with E-state index in [4.69, 9.17) is 0 Å². The summed E-state index contributed by atoms with van der Waals surface area (Å²) in [6.45, 7) is 4.80. The Kier molecular flexibility index (Phi) is 7.66. The van der Waals surface area contributed by atoms with E-state index in [1.165, 1.54) is 0 Å². The molecular formula is C12H19F3O2. The number of hydrogen-bond acceptors (Lipinski definition) is 2. The Hall–Kier alpha value is -1.00. The highest BCUT2D eigenvalue weighted by atomic mass is 19.4. The smallest absolute Gasteiger partial charge is 0.422 e. The minimum absolute atomic E-state index is 0.0278. The van der Waals surface area contributed by atoms with Gasteiger partial charge in [-0.15, -0.1) is 0 Å². The maximum atomic E-state index is 12.0. The molecule has 0 rings (SSSR count). The minimum Gasteiger partial charge on any atom is -0.462 e. The van der Waals surface area contributed by atoms with Gasteiger partial charge in [0.05, 0.1) is 6.61 Å². The zero-order valence-corrected chi connectivity index (χ0v) is 10.1. The minimum atomic E-state index is -4.70. The van der Waals surface area contributed by atoms with Gasteiger partial charge in [0.25, 0.3) is 0 Å². The van der Waals surface area contributed by atoms with Crippen LogP contribution in [-0.4, -0.2) is 18.8 Å². The first kappa shape index (κ1) is 16.0. The number of ether oxygens (including phenoxy) is 1. The molecule has 0 bridgehead atoms. The predicted molar refractivity (Wildman–Crippen MR) is 59.5 cm³/mol. The van der Waals surface area contributed by atoms with Crippen molar-refractivity contribution in [2.24, 2.45) is 0 Å². The van der Waals surface area contributed by atoms with Gasteiger partial charge in [-0.3, -0.25) is 0 Å². The molecule has 0 aromatic carbocycles. The third-order valence-corrected chi connectivity index (χ3v) is 2.32. The first-order valence-electron chi connectivity index (χ1n) is 5.82. The molecule has 0 amide bonds. The van der Waals surface area contributed by atoms with Gasteiger partial charge in [-0.2, -0.15) is 13.2 Å². The SMILES string of the molecule is C=C(C(=O)OCCCCCCCC)C(F)(F)F. The predicted octanol–water partition coefficient (Wildman–Crippen LogP) is 4.01. The number of rotatable bonds is 8. The van der Waals surface area contributed by atoms with Crippen molar-refractivity contribution in [2.75, 3.05) is 6.61 Å². The molecule has 2 nitrogen and oxygen atoms in total. The monoisotopic (exact) mass is 252 g/mol. The maximum absolute atomic E-state index is 12.0. The van der Waals surface area contributed by atoms with Crippen LogP contribution < -0.4 is 0 Å². The van der Waals surface area contributed by atoms with Crippen molar-refractivity contribution in [2.45, 2.75) is 51.6 Å². The molecule has 0 aromatic heterocycles. The fraction of sp³-hybridized carbons (Fsp3) is 0.750. The number of halogens is 3. The quantitative estimate of drug-likeness (QED) is 0.370. The Morgan fingerprint density at radius 3 is 2.18 bits per heavy atom. The summed E-state index contributed by atoms with van der Waals surface area (Å²) >= 11 is 0. The van der Waals surface area contributed by atoms with Crippen LogP contribution in [0.2, 0.25) is 0 Å². The number of hydrogen-bond donors (Lipinski definition) is 0. The van der Waals surface area contributed by atoms with Crippen LogP contribution in [0.3, 0.4) is 0 Å². The first-order chi connectivity index (χ1) is 7.89. The van der Waals surface area contributed by atoms with Crippen molar-refractivity contribution in [3.8, 4) is 0 Å². The van der Waals surface area contributed by atoms with Crippen molar-refractivity contribution in [1.82, 2.24) is 0 Å². The van der Waals surface area contributed by atoms with E-state index in [0.717, 1.165) is 32.1 Å². The third-order valence-electron chi connectivity index (χ3n) is 2.32. The molecule has 0 aliphatic rings.